The molecule has 1 aliphatic rings. The molecule has 1 fully saturated rings. The van der Waals surface area contributed by atoms with Gasteiger partial charge in [0.25, 0.3) is 5.91 Å². The molecule has 1 amide bonds. The molecule has 0 aromatic heterocycles. The summed E-state index contributed by atoms with van der Waals surface area (Å²) in [6.45, 7) is 6.46. The number of carbonyl (C=O) groups is 1. The van der Waals surface area contributed by atoms with Crippen LogP contribution in [-0.2, 0) is 4.74 Å². The summed E-state index contributed by atoms with van der Waals surface area (Å²) in [5, 5.41) is 9.89. The number of morpholine rings is 1. The van der Waals surface area contributed by atoms with Crippen molar-refractivity contribution < 1.29 is 14.6 Å². The van der Waals surface area contributed by atoms with Gasteiger partial charge in [-0.2, -0.15) is 0 Å². The van der Waals surface area contributed by atoms with Crippen molar-refractivity contribution in [1.29, 1.82) is 0 Å². The molecule has 0 saturated carbocycles. The second-order valence-electron chi connectivity index (χ2n) is 5.78. The second kappa shape index (κ2) is 5.72. The number of halogens is 1. The lowest BCUT2D eigenvalue weighted by molar-refractivity contribution is -0.139. The summed E-state index contributed by atoms with van der Waals surface area (Å²) >= 11 is 6.07. The highest BCUT2D eigenvalue weighted by molar-refractivity contribution is 6.31. The maximum absolute atomic E-state index is 12.7. The van der Waals surface area contributed by atoms with Crippen LogP contribution < -0.4 is 0 Å². The first-order valence-electron chi connectivity index (χ1n) is 6.67. The molecule has 0 bridgehead atoms. The zero-order chi connectivity index (χ0) is 14.9. The van der Waals surface area contributed by atoms with Crippen LogP contribution in [0.2, 0.25) is 5.02 Å². The smallest absolute Gasteiger partial charge is 0.254 e. The average Bonchev–Trinajstić information content (AvgIpc) is 2.39. The molecule has 0 spiro atoms. The van der Waals surface area contributed by atoms with Crippen LogP contribution >= 0.6 is 11.6 Å². The van der Waals surface area contributed by atoms with Crippen LogP contribution in [0.25, 0.3) is 0 Å². The highest BCUT2D eigenvalue weighted by atomic mass is 35.5. The van der Waals surface area contributed by atoms with Crippen LogP contribution in [0.5, 0.6) is 0 Å². The molecule has 1 aliphatic heterocycles. The van der Waals surface area contributed by atoms with Gasteiger partial charge in [-0.25, -0.2) is 0 Å². The monoisotopic (exact) mass is 297 g/mol. The Morgan fingerprint density at radius 2 is 2.25 bits per heavy atom. The van der Waals surface area contributed by atoms with Gasteiger partial charge in [-0.1, -0.05) is 17.7 Å². The molecule has 20 heavy (non-hydrogen) atoms. The number of hydrogen-bond donors (Lipinski definition) is 1. The Hall–Kier alpha value is -1.10. The minimum atomic E-state index is -0.464. The molecule has 1 unspecified atom stereocenters. The summed E-state index contributed by atoms with van der Waals surface area (Å²) < 4.78 is 5.72. The largest absolute Gasteiger partial charge is 0.394 e. The predicted molar refractivity (Wildman–Crippen MR) is 78.1 cm³/mol. The van der Waals surface area contributed by atoms with Crippen LogP contribution in [0.1, 0.15) is 29.8 Å². The highest BCUT2D eigenvalue weighted by Crippen LogP contribution is 2.25. The molecule has 110 valence electrons. The molecule has 2 rings (SSSR count). The van der Waals surface area contributed by atoms with Crippen LogP contribution in [0.15, 0.2) is 18.2 Å². The molecule has 1 N–H and O–H groups in total. The van der Waals surface area contributed by atoms with Crippen molar-refractivity contribution in [2.45, 2.75) is 32.5 Å². The average molecular weight is 298 g/mol. The molecular formula is C15H20ClNO3. The Morgan fingerprint density at radius 1 is 1.55 bits per heavy atom. The quantitative estimate of drug-likeness (QED) is 0.911. The fourth-order valence-corrected chi connectivity index (χ4v) is 2.73. The first-order valence-corrected chi connectivity index (χ1v) is 7.05. The van der Waals surface area contributed by atoms with Gasteiger partial charge in [0.1, 0.15) is 0 Å². The molecule has 1 heterocycles. The van der Waals surface area contributed by atoms with Crippen LogP contribution in [0.3, 0.4) is 0 Å². The van der Waals surface area contributed by atoms with E-state index in [4.69, 9.17) is 16.3 Å². The van der Waals surface area contributed by atoms with Gasteiger partial charge in [0.05, 0.1) is 18.3 Å². The number of rotatable bonds is 2. The lowest BCUT2D eigenvalue weighted by Crippen LogP contribution is -2.55. The normalized spacial score (nSPS) is 21.9. The van der Waals surface area contributed by atoms with E-state index in [0.717, 1.165) is 5.56 Å². The lowest BCUT2D eigenvalue weighted by Gasteiger charge is -2.42. The summed E-state index contributed by atoms with van der Waals surface area (Å²) in [5.41, 5.74) is 0.921. The number of aliphatic hydroxyl groups excluding tert-OH is 1. The van der Waals surface area contributed by atoms with Gasteiger partial charge in [0.15, 0.2) is 0 Å². The molecular weight excluding hydrogens is 278 g/mol. The van der Waals surface area contributed by atoms with E-state index >= 15 is 0 Å². The van der Waals surface area contributed by atoms with E-state index in [1.54, 1.807) is 23.1 Å². The van der Waals surface area contributed by atoms with Crippen molar-refractivity contribution >= 4 is 17.5 Å². The summed E-state index contributed by atoms with van der Waals surface area (Å²) in [6.07, 6.45) is -0.345. The van der Waals surface area contributed by atoms with Crippen LogP contribution in [0.4, 0.5) is 0 Å². The molecule has 4 nitrogen and oxygen atoms in total. The standard InChI is InChI=1S/C15H20ClNO3/c1-10-12(5-4-6-13(10)16)14(19)17-7-11(8-18)20-15(2,3)9-17/h4-6,11,18H,7-9H2,1-3H3. The number of amides is 1. The van der Waals surface area contributed by atoms with E-state index in [2.05, 4.69) is 0 Å². The zero-order valence-corrected chi connectivity index (χ0v) is 12.8. The van der Waals surface area contributed by atoms with E-state index < -0.39 is 5.60 Å². The number of nitrogens with zero attached hydrogens (tertiary/aromatic N) is 1. The fraction of sp³-hybridized carbons (Fsp3) is 0.533. The highest BCUT2D eigenvalue weighted by Gasteiger charge is 2.35. The van der Waals surface area contributed by atoms with Crippen molar-refractivity contribution in [3.8, 4) is 0 Å². The first-order chi connectivity index (χ1) is 9.34. The van der Waals surface area contributed by atoms with E-state index in [1.165, 1.54) is 0 Å². The molecule has 1 aromatic rings. The van der Waals surface area contributed by atoms with Crippen molar-refractivity contribution in [2.75, 3.05) is 19.7 Å². The van der Waals surface area contributed by atoms with Gasteiger partial charge < -0.3 is 14.7 Å². The van der Waals surface area contributed by atoms with Gasteiger partial charge in [0.2, 0.25) is 0 Å². The van der Waals surface area contributed by atoms with Gasteiger partial charge in [-0.05, 0) is 38.5 Å². The molecule has 0 aliphatic carbocycles. The van der Waals surface area contributed by atoms with Crippen LogP contribution in [-0.4, -0.2) is 47.3 Å². The second-order valence-corrected chi connectivity index (χ2v) is 6.19. The number of carbonyl (C=O) groups excluding carboxylic acids is 1. The lowest BCUT2D eigenvalue weighted by atomic mass is 10.0. The Balaban J connectivity index is 2.26. The van der Waals surface area contributed by atoms with E-state index in [9.17, 15) is 9.90 Å². The molecule has 1 atom stereocenters. The number of benzene rings is 1. The Bertz CT molecular complexity index is 516. The molecule has 0 radical (unpaired) electrons. The fourth-order valence-electron chi connectivity index (χ4n) is 2.55. The van der Waals surface area contributed by atoms with Gasteiger partial charge in [-0.15, -0.1) is 0 Å². The van der Waals surface area contributed by atoms with Crippen molar-refractivity contribution in [3.05, 3.63) is 34.3 Å². The van der Waals surface area contributed by atoms with E-state index in [1.807, 2.05) is 20.8 Å². The summed E-state index contributed by atoms with van der Waals surface area (Å²) in [6, 6.07) is 5.32. The number of aliphatic hydroxyl groups is 1. The topological polar surface area (TPSA) is 49.8 Å². The Labute approximate surface area is 124 Å². The number of hydrogen-bond acceptors (Lipinski definition) is 3. The minimum Gasteiger partial charge on any atom is -0.394 e. The van der Waals surface area contributed by atoms with Crippen molar-refractivity contribution in [1.82, 2.24) is 4.90 Å². The van der Waals surface area contributed by atoms with Gasteiger partial charge in [-0.3, -0.25) is 4.79 Å². The summed E-state index contributed by atoms with van der Waals surface area (Å²) in [5.74, 6) is -0.0696. The SMILES string of the molecule is Cc1c(Cl)cccc1C(=O)N1CC(CO)OC(C)(C)C1. The van der Waals surface area contributed by atoms with E-state index in [0.29, 0.717) is 23.7 Å². The van der Waals surface area contributed by atoms with Crippen molar-refractivity contribution in [2.24, 2.45) is 0 Å². The third-order valence-electron chi connectivity index (χ3n) is 3.47. The van der Waals surface area contributed by atoms with Crippen molar-refractivity contribution in [3.63, 3.8) is 0 Å². The molecule has 1 aromatic carbocycles. The Morgan fingerprint density at radius 3 is 2.90 bits per heavy atom. The third-order valence-corrected chi connectivity index (χ3v) is 3.88. The molecule has 1 saturated heterocycles. The van der Waals surface area contributed by atoms with Gasteiger partial charge in [0, 0.05) is 23.7 Å². The van der Waals surface area contributed by atoms with Crippen LogP contribution in [0, 0.1) is 6.92 Å². The maximum atomic E-state index is 12.7. The number of ether oxygens (including phenoxy) is 1. The minimum absolute atomic E-state index is 0.0696. The summed E-state index contributed by atoms with van der Waals surface area (Å²) in [4.78, 5) is 14.4. The third kappa shape index (κ3) is 3.14. The van der Waals surface area contributed by atoms with E-state index in [-0.39, 0.29) is 18.6 Å². The summed E-state index contributed by atoms with van der Waals surface area (Å²) in [7, 11) is 0. The first kappa shape index (κ1) is 15.3. The zero-order valence-electron chi connectivity index (χ0n) is 12.0. The van der Waals surface area contributed by atoms with Gasteiger partial charge >= 0.3 is 0 Å². The predicted octanol–water partition coefficient (Wildman–Crippen LogP) is 2.26. The Kier molecular flexibility index (Phi) is 4.37. The maximum Gasteiger partial charge on any atom is 0.254 e. The molecule has 5 heteroatoms.